The monoisotopic (exact) mass is 286 g/mol. The topological polar surface area (TPSA) is 69.0 Å². The third-order valence-corrected chi connectivity index (χ3v) is 3.60. The highest BCUT2D eigenvalue weighted by molar-refractivity contribution is 5.91. The summed E-state index contributed by atoms with van der Waals surface area (Å²) in [6, 6.07) is 7.89. The Morgan fingerprint density at radius 1 is 1.43 bits per heavy atom. The van der Waals surface area contributed by atoms with E-state index in [1.807, 2.05) is 31.2 Å². The van der Waals surface area contributed by atoms with Gasteiger partial charge in [-0.25, -0.2) is 4.68 Å². The normalized spacial score (nSPS) is 17.9. The molecule has 0 radical (unpaired) electrons. The highest BCUT2D eigenvalue weighted by Gasteiger charge is 2.18. The molecule has 1 atom stereocenters. The molecule has 0 unspecified atom stereocenters. The third kappa shape index (κ3) is 3.28. The SMILES string of the molecule is Cc1ccc(-n2cc(C(=O)NC[C@@H]3CCOC3)nn2)cc1. The lowest BCUT2D eigenvalue weighted by Crippen LogP contribution is -2.29. The molecule has 21 heavy (non-hydrogen) atoms. The average molecular weight is 286 g/mol. The highest BCUT2D eigenvalue weighted by atomic mass is 16.5. The van der Waals surface area contributed by atoms with Crippen molar-refractivity contribution in [2.75, 3.05) is 19.8 Å². The summed E-state index contributed by atoms with van der Waals surface area (Å²) >= 11 is 0. The first-order valence-electron chi connectivity index (χ1n) is 7.08. The van der Waals surface area contributed by atoms with Crippen LogP contribution in [0.15, 0.2) is 30.5 Å². The number of nitrogens with zero attached hydrogens (tertiary/aromatic N) is 3. The minimum absolute atomic E-state index is 0.194. The summed E-state index contributed by atoms with van der Waals surface area (Å²) in [5.41, 5.74) is 2.39. The maximum absolute atomic E-state index is 12.0. The van der Waals surface area contributed by atoms with Crippen molar-refractivity contribution in [2.24, 2.45) is 5.92 Å². The van der Waals surface area contributed by atoms with Crippen LogP contribution in [0.1, 0.15) is 22.5 Å². The smallest absolute Gasteiger partial charge is 0.273 e. The van der Waals surface area contributed by atoms with Gasteiger partial charge in [-0.05, 0) is 25.5 Å². The van der Waals surface area contributed by atoms with E-state index in [0.29, 0.717) is 18.2 Å². The fourth-order valence-electron chi connectivity index (χ4n) is 2.26. The summed E-state index contributed by atoms with van der Waals surface area (Å²) in [5.74, 6) is 0.210. The van der Waals surface area contributed by atoms with Crippen LogP contribution in [0.3, 0.4) is 0 Å². The second kappa shape index (κ2) is 6.05. The van der Waals surface area contributed by atoms with Crippen LogP contribution < -0.4 is 5.32 Å². The predicted molar refractivity (Wildman–Crippen MR) is 77.4 cm³/mol. The zero-order valence-corrected chi connectivity index (χ0v) is 12.0. The quantitative estimate of drug-likeness (QED) is 0.921. The molecule has 1 fully saturated rings. The van der Waals surface area contributed by atoms with Crippen LogP contribution in [0.2, 0.25) is 0 Å². The zero-order chi connectivity index (χ0) is 14.7. The van der Waals surface area contributed by atoms with Crippen LogP contribution in [0.25, 0.3) is 5.69 Å². The number of nitrogens with one attached hydrogen (secondary N) is 1. The van der Waals surface area contributed by atoms with Crippen molar-refractivity contribution in [1.82, 2.24) is 20.3 Å². The van der Waals surface area contributed by atoms with E-state index in [9.17, 15) is 4.79 Å². The molecular weight excluding hydrogens is 268 g/mol. The van der Waals surface area contributed by atoms with Crippen molar-refractivity contribution >= 4 is 5.91 Å². The molecule has 6 nitrogen and oxygen atoms in total. The molecule has 0 aliphatic carbocycles. The summed E-state index contributed by atoms with van der Waals surface area (Å²) in [4.78, 5) is 12.0. The Labute approximate surface area is 123 Å². The zero-order valence-electron chi connectivity index (χ0n) is 12.0. The molecule has 110 valence electrons. The summed E-state index contributed by atoms with van der Waals surface area (Å²) in [7, 11) is 0. The highest BCUT2D eigenvalue weighted by Crippen LogP contribution is 2.11. The van der Waals surface area contributed by atoms with Gasteiger partial charge in [0.25, 0.3) is 5.91 Å². The van der Waals surface area contributed by atoms with E-state index in [1.165, 1.54) is 5.56 Å². The number of hydrogen-bond acceptors (Lipinski definition) is 4. The largest absolute Gasteiger partial charge is 0.381 e. The summed E-state index contributed by atoms with van der Waals surface area (Å²) in [6.07, 6.45) is 2.64. The Morgan fingerprint density at radius 3 is 2.95 bits per heavy atom. The van der Waals surface area contributed by atoms with Crippen LogP contribution in [0, 0.1) is 12.8 Å². The van der Waals surface area contributed by atoms with Gasteiger partial charge in [0.15, 0.2) is 5.69 Å². The van der Waals surface area contributed by atoms with E-state index in [4.69, 9.17) is 4.74 Å². The van der Waals surface area contributed by atoms with E-state index in [1.54, 1.807) is 10.9 Å². The van der Waals surface area contributed by atoms with Gasteiger partial charge in [0.1, 0.15) is 0 Å². The molecule has 0 spiro atoms. The van der Waals surface area contributed by atoms with Crippen LogP contribution in [0.5, 0.6) is 0 Å². The van der Waals surface area contributed by atoms with Gasteiger partial charge in [-0.2, -0.15) is 0 Å². The molecule has 1 amide bonds. The Hall–Kier alpha value is -2.21. The summed E-state index contributed by atoms with van der Waals surface area (Å²) < 4.78 is 6.89. The lowest BCUT2D eigenvalue weighted by molar-refractivity contribution is 0.0940. The van der Waals surface area contributed by atoms with Crippen molar-refractivity contribution < 1.29 is 9.53 Å². The first-order valence-corrected chi connectivity index (χ1v) is 7.08. The van der Waals surface area contributed by atoms with Gasteiger partial charge in [0, 0.05) is 19.1 Å². The van der Waals surface area contributed by atoms with Crippen molar-refractivity contribution in [3.63, 3.8) is 0 Å². The molecule has 3 rings (SSSR count). The van der Waals surface area contributed by atoms with E-state index >= 15 is 0 Å². The summed E-state index contributed by atoms with van der Waals surface area (Å²) in [6.45, 7) is 4.15. The molecule has 1 aliphatic heterocycles. The van der Waals surface area contributed by atoms with Gasteiger partial charge in [-0.3, -0.25) is 4.79 Å². The molecule has 1 saturated heterocycles. The van der Waals surface area contributed by atoms with Gasteiger partial charge < -0.3 is 10.1 Å². The number of benzene rings is 1. The van der Waals surface area contributed by atoms with Crippen molar-refractivity contribution in [1.29, 1.82) is 0 Å². The molecule has 1 N–H and O–H groups in total. The minimum atomic E-state index is -0.194. The van der Waals surface area contributed by atoms with E-state index in [-0.39, 0.29) is 5.91 Å². The van der Waals surface area contributed by atoms with Crippen molar-refractivity contribution in [3.05, 3.63) is 41.7 Å². The standard InChI is InChI=1S/C15H18N4O2/c1-11-2-4-13(5-3-11)19-9-14(17-18-19)15(20)16-8-12-6-7-21-10-12/h2-5,9,12H,6-8,10H2,1H3,(H,16,20)/t12-/m0/s1. The molecule has 6 heteroatoms. The molecule has 0 bridgehead atoms. The van der Waals surface area contributed by atoms with Crippen LogP contribution in [-0.4, -0.2) is 40.7 Å². The van der Waals surface area contributed by atoms with E-state index in [0.717, 1.165) is 25.3 Å². The molecule has 1 aromatic heterocycles. The summed E-state index contributed by atoms with van der Waals surface area (Å²) in [5, 5.41) is 10.8. The van der Waals surface area contributed by atoms with Crippen LogP contribution in [-0.2, 0) is 4.74 Å². The number of amides is 1. The van der Waals surface area contributed by atoms with Gasteiger partial charge in [-0.1, -0.05) is 22.9 Å². The first kappa shape index (κ1) is 13.8. The number of aromatic nitrogens is 3. The number of rotatable bonds is 4. The van der Waals surface area contributed by atoms with Gasteiger partial charge in [0.05, 0.1) is 18.5 Å². The predicted octanol–water partition coefficient (Wildman–Crippen LogP) is 1.34. The maximum Gasteiger partial charge on any atom is 0.273 e. The number of aryl methyl sites for hydroxylation is 1. The third-order valence-electron chi connectivity index (χ3n) is 3.60. The lowest BCUT2D eigenvalue weighted by atomic mass is 10.1. The van der Waals surface area contributed by atoms with Crippen molar-refractivity contribution in [3.8, 4) is 5.69 Å². The number of ether oxygens (including phenoxy) is 1. The number of carbonyl (C=O) groups is 1. The molecule has 2 heterocycles. The molecule has 2 aromatic rings. The lowest BCUT2D eigenvalue weighted by Gasteiger charge is -2.07. The van der Waals surface area contributed by atoms with Crippen LogP contribution in [0.4, 0.5) is 0 Å². The second-order valence-electron chi connectivity index (χ2n) is 5.32. The molecule has 0 saturated carbocycles. The van der Waals surface area contributed by atoms with Gasteiger partial charge in [0.2, 0.25) is 0 Å². The molecular formula is C15H18N4O2. The average Bonchev–Trinajstić information content (AvgIpc) is 3.17. The Kier molecular flexibility index (Phi) is 3.96. The van der Waals surface area contributed by atoms with E-state index in [2.05, 4.69) is 15.6 Å². The van der Waals surface area contributed by atoms with Gasteiger partial charge >= 0.3 is 0 Å². The maximum atomic E-state index is 12.0. The molecule has 1 aliphatic rings. The fourth-order valence-corrected chi connectivity index (χ4v) is 2.26. The fraction of sp³-hybridized carbons (Fsp3) is 0.400. The van der Waals surface area contributed by atoms with Crippen LogP contribution >= 0.6 is 0 Å². The number of carbonyl (C=O) groups excluding carboxylic acids is 1. The minimum Gasteiger partial charge on any atom is -0.381 e. The first-order chi connectivity index (χ1) is 10.2. The Bertz CT molecular complexity index is 615. The Morgan fingerprint density at radius 2 is 2.24 bits per heavy atom. The van der Waals surface area contributed by atoms with E-state index < -0.39 is 0 Å². The van der Waals surface area contributed by atoms with Gasteiger partial charge in [-0.15, -0.1) is 5.10 Å². The Balaban J connectivity index is 1.63. The second-order valence-corrected chi connectivity index (χ2v) is 5.32. The number of hydrogen-bond donors (Lipinski definition) is 1. The van der Waals surface area contributed by atoms with Crippen molar-refractivity contribution in [2.45, 2.75) is 13.3 Å². The molecule has 1 aromatic carbocycles.